The number of amides is 1. The van der Waals surface area contributed by atoms with Crippen molar-refractivity contribution in [3.05, 3.63) is 75.9 Å². The van der Waals surface area contributed by atoms with Crippen LogP contribution >= 0.6 is 11.3 Å². The maximum Gasteiger partial charge on any atom is 0.268 e. The second kappa shape index (κ2) is 6.25. The molecule has 3 aromatic rings. The fourth-order valence-electron chi connectivity index (χ4n) is 3.74. The predicted molar refractivity (Wildman–Crippen MR) is 103 cm³/mol. The summed E-state index contributed by atoms with van der Waals surface area (Å²) in [6.45, 7) is 0. The van der Waals surface area contributed by atoms with Crippen LogP contribution in [0.1, 0.15) is 33.8 Å². The van der Waals surface area contributed by atoms with Crippen LogP contribution in [-0.2, 0) is 12.8 Å². The van der Waals surface area contributed by atoms with Crippen LogP contribution in [0.2, 0.25) is 0 Å². The molecule has 1 N–H and O–H groups in total. The van der Waals surface area contributed by atoms with Crippen molar-refractivity contribution in [3.63, 3.8) is 0 Å². The Morgan fingerprint density at radius 2 is 2.08 bits per heavy atom. The Labute approximate surface area is 156 Å². The van der Waals surface area contributed by atoms with Crippen molar-refractivity contribution < 1.29 is 4.79 Å². The maximum absolute atomic E-state index is 13.3. The SMILES string of the molecule is O=C(c1cc(-c2ccccc2)cs1)N(C1=CC1)C1CCc2[nH]ncc2C1. The van der Waals surface area contributed by atoms with Crippen molar-refractivity contribution >= 4 is 17.2 Å². The van der Waals surface area contributed by atoms with Gasteiger partial charge in [-0.25, -0.2) is 0 Å². The number of fused-ring (bicyclic) bond motifs is 1. The first-order chi connectivity index (χ1) is 12.8. The number of H-pyrrole nitrogens is 1. The number of allylic oxidation sites excluding steroid dienone is 2. The molecule has 2 aliphatic carbocycles. The van der Waals surface area contributed by atoms with Crippen molar-refractivity contribution in [2.24, 2.45) is 0 Å². The quantitative estimate of drug-likeness (QED) is 0.747. The number of nitrogens with zero attached hydrogens (tertiary/aromatic N) is 2. The van der Waals surface area contributed by atoms with Gasteiger partial charge in [0.05, 0.1) is 11.1 Å². The van der Waals surface area contributed by atoms with Gasteiger partial charge in [-0.05, 0) is 47.4 Å². The summed E-state index contributed by atoms with van der Waals surface area (Å²) in [4.78, 5) is 16.1. The summed E-state index contributed by atoms with van der Waals surface area (Å²) >= 11 is 1.54. The lowest BCUT2D eigenvalue weighted by atomic mass is 9.92. The minimum absolute atomic E-state index is 0.137. The predicted octanol–water partition coefficient (Wildman–Crippen LogP) is 4.43. The van der Waals surface area contributed by atoms with Gasteiger partial charge in [-0.3, -0.25) is 9.89 Å². The number of carbonyl (C=O) groups excluding carboxylic acids is 1. The van der Waals surface area contributed by atoms with Gasteiger partial charge in [0.15, 0.2) is 0 Å². The van der Waals surface area contributed by atoms with Crippen LogP contribution in [-0.4, -0.2) is 27.0 Å². The maximum atomic E-state index is 13.3. The molecule has 2 heterocycles. The minimum atomic E-state index is 0.137. The van der Waals surface area contributed by atoms with Gasteiger partial charge in [-0.1, -0.05) is 36.4 Å². The zero-order chi connectivity index (χ0) is 17.5. The largest absolute Gasteiger partial charge is 0.308 e. The monoisotopic (exact) mass is 361 g/mol. The Kier molecular flexibility index (Phi) is 3.75. The van der Waals surface area contributed by atoms with Gasteiger partial charge >= 0.3 is 0 Å². The van der Waals surface area contributed by atoms with Crippen LogP contribution in [0.3, 0.4) is 0 Å². The molecule has 0 saturated heterocycles. The Bertz CT molecular complexity index is 986. The van der Waals surface area contributed by atoms with Gasteiger partial charge < -0.3 is 4.90 Å². The third kappa shape index (κ3) is 2.78. The lowest BCUT2D eigenvalue weighted by Gasteiger charge is -2.32. The molecule has 0 bridgehead atoms. The van der Waals surface area contributed by atoms with E-state index in [1.54, 1.807) is 11.3 Å². The van der Waals surface area contributed by atoms with Crippen molar-refractivity contribution in [2.75, 3.05) is 0 Å². The molecule has 5 heteroatoms. The summed E-state index contributed by atoms with van der Waals surface area (Å²) in [5.74, 6) is 0.137. The number of carbonyl (C=O) groups is 1. The molecule has 26 heavy (non-hydrogen) atoms. The van der Waals surface area contributed by atoms with Crippen molar-refractivity contribution in [1.29, 1.82) is 0 Å². The fraction of sp³-hybridized carbons (Fsp3) is 0.238. The lowest BCUT2D eigenvalue weighted by molar-refractivity contribution is 0.0747. The van der Waals surface area contributed by atoms with Crippen LogP contribution in [0.4, 0.5) is 0 Å². The van der Waals surface area contributed by atoms with Gasteiger partial charge in [0.2, 0.25) is 0 Å². The number of aromatic nitrogens is 2. The normalized spacial score (nSPS) is 18.2. The molecular formula is C21H19N3OS. The Balaban J connectivity index is 1.41. The topological polar surface area (TPSA) is 49.0 Å². The van der Waals surface area contributed by atoms with E-state index in [9.17, 15) is 4.79 Å². The van der Waals surface area contributed by atoms with Crippen molar-refractivity contribution in [3.8, 4) is 11.1 Å². The molecule has 1 atom stereocenters. The summed E-state index contributed by atoms with van der Waals surface area (Å²) in [7, 11) is 0. The highest BCUT2D eigenvalue weighted by atomic mass is 32.1. The molecule has 2 aliphatic rings. The van der Waals surface area contributed by atoms with Crippen LogP contribution in [0.15, 0.2) is 59.7 Å². The zero-order valence-corrected chi connectivity index (χ0v) is 15.1. The summed E-state index contributed by atoms with van der Waals surface area (Å²) in [6.07, 6.45) is 7.80. The van der Waals surface area contributed by atoms with E-state index < -0.39 is 0 Å². The van der Waals surface area contributed by atoms with Crippen molar-refractivity contribution in [1.82, 2.24) is 15.1 Å². The van der Waals surface area contributed by atoms with Gasteiger partial charge in [0, 0.05) is 23.9 Å². The van der Waals surface area contributed by atoms with Gasteiger partial charge in [-0.2, -0.15) is 5.10 Å². The molecule has 5 rings (SSSR count). The first kappa shape index (κ1) is 15.6. The van der Waals surface area contributed by atoms with Gasteiger partial charge in [-0.15, -0.1) is 11.3 Å². The highest BCUT2D eigenvalue weighted by Crippen LogP contribution is 2.35. The molecule has 0 aliphatic heterocycles. The third-order valence-electron chi connectivity index (χ3n) is 5.19. The molecule has 0 spiro atoms. The Morgan fingerprint density at radius 3 is 2.88 bits per heavy atom. The second-order valence-corrected chi connectivity index (χ2v) is 7.82. The number of aromatic amines is 1. The fourth-order valence-corrected chi connectivity index (χ4v) is 4.59. The van der Waals surface area contributed by atoms with Crippen LogP contribution < -0.4 is 0 Å². The molecule has 0 radical (unpaired) electrons. The number of thiophene rings is 1. The third-order valence-corrected chi connectivity index (χ3v) is 6.11. The molecule has 2 aromatic heterocycles. The molecule has 1 unspecified atom stereocenters. The molecule has 4 nitrogen and oxygen atoms in total. The average Bonchev–Trinajstić information content (AvgIpc) is 3.20. The van der Waals surface area contributed by atoms with Gasteiger partial charge in [0.1, 0.15) is 0 Å². The Morgan fingerprint density at radius 1 is 1.23 bits per heavy atom. The first-order valence-electron chi connectivity index (χ1n) is 8.97. The number of aryl methyl sites for hydroxylation is 1. The zero-order valence-electron chi connectivity index (χ0n) is 14.3. The van der Waals surface area contributed by atoms with E-state index >= 15 is 0 Å². The summed E-state index contributed by atoms with van der Waals surface area (Å²) in [5, 5.41) is 9.32. The second-order valence-electron chi connectivity index (χ2n) is 6.91. The summed E-state index contributed by atoms with van der Waals surface area (Å²) in [6, 6.07) is 12.5. The molecule has 0 fully saturated rings. The highest BCUT2D eigenvalue weighted by molar-refractivity contribution is 7.12. The van der Waals surface area contributed by atoms with E-state index in [4.69, 9.17) is 0 Å². The smallest absolute Gasteiger partial charge is 0.268 e. The summed E-state index contributed by atoms with van der Waals surface area (Å²) in [5.41, 5.74) is 5.91. The van der Waals surface area contributed by atoms with Crippen LogP contribution in [0.5, 0.6) is 0 Å². The molecule has 1 aromatic carbocycles. The van der Waals surface area contributed by atoms with Gasteiger partial charge in [0.25, 0.3) is 5.91 Å². The van der Waals surface area contributed by atoms with Crippen molar-refractivity contribution in [2.45, 2.75) is 31.7 Å². The van der Waals surface area contributed by atoms with E-state index in [0.717, 1.165) is 41.7 Å². The minimum Gasteiger partial charge on any atom is -0.308 e. The number of hydrogen-bond acceptors (Lipinski definition) is 3. The van der Waals surface area contributed by atoms with Crippen LogP contribution in [0.25, 0.3) is 11.1 Å². The van der Waals surface area contributed by atoms with Crippen LogP contribution in [0, 0.1) is 0 Å². The van der Waals surface area contributed by atoms with E-state index in [2.05, 4.69) is 33.8 Å². The van der Waals surface area contributed by atoms with E-state index in [1.807, 2.05) is 35.4 Å². The highest BCUT2D eigenvalue weighted by Gasteiger charge is 2.34. The number of nitrogens with one attached hydrogen (secondary N) is 1. The Hall–Kier alpha value is -2.66. The molecule has 130 valence electrons. The number of benzene rings is 1. The first-order valence-corrected chi connectivity index (χ1v) is 9.85. The number of rotatable bonds is 4. The molecule has 0 saturated carbocycles. The lowest BCUT2D eigenvalue weighted by Crippen LogP contribution is -2.40. The van der Waals surface area contributed by atoms with E-state index in [1.165, 1.54) is 17.0 Å². The van der Waals surface area contributed by atoms with E-state index in [-0.39, 0.29) is 11.9 Å². The standard InChI is InChI=1S/C21H19N3OS/c25-21(20-11-16(13-26-20)14-4-2-1-3-5-14)24(17-6-7-17)18-8-9-19-15(10-18)12-22-23-19/h1-6,11-13,18H,7-10H2,(H,22,23). The number of hydrogen-bond donors (Lipinski definition) is 1. The molecule has 1 amide bonds. The van der Waals surface area contributed by atoms with E-state index in [0.29, 0.717) is 0 Å². The summed E-state index contributed by atoms with van der Waals surface area (Å²) < 4.78 is 0. The average molecular weight is 361 g/mol. The molecular weight excluding hydrogens is 342 g/mol.